The monoisotopic (exact) mass is 1410 g/mol. The van der Waals surface area contributed by atoms with Crippen molar-refractivity contribution in [2.24, 2.45) is 0 Å². The van der Waals surface area contributed by atoms with Gasteiger partial charge in [-0.3, -0.25) is 0 Å². The van der Waals surface area contributed by atoms with Gasteiger partial charge in [-0.2, -0.15) is 5.26 Å². The molecule has 0 radical (unpaired) electrons. The molecular weight excluding hydrogens is 1340 g/mol. The standard InChI is InChI=1S/C103H63BN4O2/c105-64-65-46-51-91-86(54-65)79-38-19-22-42-90(79)106(91)77-49-50-88-93(63-77)108(103-84(70-34-15-5-16-35-70)58-75(67-28-9-2-10-29-67)59-85(103)71-36-17-6-18-37-71)95-62-76(72-48-53-98-87(55-72)80-39-20-23-43-96(80)109-98)61-94-101(95)104(88)89-60-73(78-41-25-45-99-100(78)81-40-21-24-44-97(81)110-99)47-52-92(89)107(94)102-82(68-30-11-3-12-31-68)56-74(66-26-7-1-8-27-66)57-83(102)69-32-13-4-14-33-69/h1-63H/i19D,22D,38D,42D,46D,51D,54D. The van der Waals surface area contributed by atoms with Crippen molar-refractivity contribution in [2.45, 2.75) is 0 Å². The average Bonchev–Trinajstić information content (AvgIpc) is 1.34. The van der Waals surface area contributed by atoms with Crippen LogP contribution < -0.4 is 26.2 Å². The van der Waals surface area contributed by atoms with Crippen LogP contribution in [0.3, 0.4) is 0 Å². The Balaban J connectivity index is 0.954. The van der Waals surface area contributed by atoms with Gasteiger partial charge in [0, 0.05) is 83.0 Å². The Kier molecular flexibility index (Phi) is 12.8. The Bertz CT molecular complexity index is 7500. The Morgan fingerprint density at radius 3 is 1.37 bits per heavy atom. The van der Waals surface area contributed by atoms with Crippen LogP contribution in [-0.4, -0.2) is 11.3 Å². The summed E-state index contributed by atoms with van der Waals surface area (Å²) in [6, 6.07) is 119. The third kappa shape index (κ3) is 9.97. The molecule has 0 aliphatic carbocycles. The number of hydrogen-bond donors (Lipinski definition) is 0. The van der Waals surface area contributed by atoms with Crippen LogP contribution >= 0.6 is 0 Å². The van der Waals surface area contributed by atoms with Gasteiger partial charge in [-0.25, -0.2) is 0 Å². The number of anilines is 6. The first-order valence-corrected chi connectivity index (χ1v) is 37.0. The summed E-state index contributed by atoms with van der Waals surface area (Å²) < 4.78 is 82.6. The first-order chi connectivity index (χ1) is 57.4. The fourth-order valence-corrected chi connectivity index (χ4v) is 17.4. The van der Waals surface area contributed by atoms with Gasteiger partial charge in [0.1, 0.15) is 22.3 Å². The Labute approximate surface area is 645 Å². The molecule has 0 N–H and O–H groups in total. The van der Waals surface area contributed by atoms with E-state index in [1.807, 2.05) is 66.7 Å². The van der Waals surface area contributed by atoms with Crippen LogP contribution in [0.5, 0.6) is 0 Å². The number of benzene rings is 17. The number of aromatic nitrogens is 1. The molecule has 2 aliphatic heterocycles. The maximum Gasteiger partial charge on any atom is 0.252 e. The quantitative estimate of drug-likeness (QED) is 0.121. The smallest absolute Gasteiger partial charge is 0.252 e. The van der Waals surface area contributed by atoms with Crippen molar-refractivity contribution in [1.82, 2.24) is 4.57 Å². The molecule has 110 heavy (non-hydrogen) atoms. The summed E-state index contributed by atoms with van der Waals surface area (Å²) in [5.74, 6) is 0. The van der Waals surface area contributed by atoms with Gasteiger partial charge in [-0.05, 0) is 192 Å². The van der Waals surface area contributed by atoms with E-state index in [4.69, 9.17) is 8.83 Å². The minimum atomic E-state index is -0.621. The van der Waals surface area contributed by atoms with E-state index in [0.29, 0.717) is 11.4 Å². The highest BCUT2D eigenvalue weighted by molar-refractivity contribution is 7.00. The highest BCUT2D eigenvalue weighted by Gasteiger charge is 2.46. The molecule has 0 unspecified atom stereocenters. The predicted molar refractivity (Wildman–Crippen MR) is 458 cm³/mol. The molecule has 0 amide bonds. The van der Waals surface area contributed by atoms with Gasteiger partial charge in [0.2, 0.25) is 0 Å². The van der Waals surface area contributed by atoms with E-state index < -0.39 is 49.0 Å². The molecule has 0 saturated heterocycles. The van der Waals surface area contributed by atoms with Crippen LogP contribution in [-0.2, 0) is 0 Å². The summed E-state index contributed by atoms with van der Waals surface area (Å²) in [6.45, 7) is -0.621. The largest absolute Gasteiger partial charge is 0.456 e. The molecule has 7 heteroatoms. The first-order valence-electron chi connectivity index (χ1n) is 40.5. The zero-order valence-electron chi connectivity index (χ0n) is 66.0. The lowest BCUT2D eigenvalue weighted by Crippen LogP contribution is -2.61. The Hall–Kier alpha value is -14.7. The van der Waals surface area contributed by atoms with Gasteiger partial charge in [0.15, 0.2) is 0 Å². The van der Waals surface area contributed by atoms with Gasteiger partial charge in [-0.1, -0.05) is 273 Å². The molecule has 2 aliphatic rings. The second-order valence-corrected chi connectivity index (χ2v) is 28.3. The summed E-state index contributed by atoms with van der Waals surface area (Å²) in [5.41, 5.74) is 26.4. The van der Waals surface area contributed by atoms with Crippen LogP contribution in [0.15, 0.2) is 391 Å². The van der Waals surface area contributed by atoms with Crippen LogP contribution in [0.4, 0.5) is 34.1 Å². The van der Waals surface area contributed by atoms with Gasteiger partial charge >= 0.3 is 0 Å². The Morgan fingerprint density at radius 1 is 0.300 bits per heavy atom. The summed E-state index contributed by atoms with van der Waals surface area (Å²) >= 11 is 0. The molecule has 0 atom stereocenters. The number of furan rings is 2. The molecule has 3 aromatic heterocycles. The zero-order valence-corrected chi connectivity index (χ0v) is 59.0. The second-order valence-electron chi connectivity index (χ2n) is 28.3. The molecule has 0 spiro atoms. The number of rotatable bonds is 11. The van der Waals surface area contributed by atoms with Crippen LogP contribution in [0, 0.1) is 11.3 Å². The van der Waals surface area contributed by atoms with E-state index in [2.05, 4.69) is 289 Å². The summed E-state index contributed by atoms with van der Waals surface area (Å²) in [6.07, 6.45) is 0. The van der Waals surface area contributed by atoms with Crippen molar-refractivity contribution in [2.75, 3.05) is 9.80 Å². The minimum Gasteiger partial charge on any atom is -0.456 e. The van der Waals surface area contributed by atoms with E-state index in [1.54, 1.807) is 4.57 Å². The molecular formula is C103H63BN4O2. The van der Waals surface area contributed by atoms with Gasteiger partial charge in [-0.15, -0.1) is 0 Å². The summed E-state index contributed by atoms with van der Waals surface area (Å²) in [5, 5.41) is 14.6. The molecule has 510 valence electrons. The molecule has 0 saturated carbocycles. The highest BCUT2D eigenvalue weighted by atomic mass is 16.3. The van der Waals surface area contributed by atoms with E-state index in [9.17, 15) is 14.9 Å². The molecule has 0 bridgehead atoms. The van der Waals surface area contributed by atoms with Crippen molar-refractivity contribution >= 4 is 123 Å². The molecule has 5 heterocycles. The van der Waals surface area contributed by atoms with Crippen LogP contribution in [0.25, 0.3) is 160 Å². The molecule has 0 fully saturated rings. The maximum absolute atomic E-state index is 10.7. The van der Waals surface area contributed by atoms with Crippen molar-refractivity contribution in [3.63, 3.8) is 0 Å². The number of fused-ring (bicyclic) bond motifs is 13. The lowest BCUT2D eigenvalue weighted by atomic mass is 9.33. The van der Waals surface area contributed by atoms with E-state index in [0.717, 1.165) is 178 Å². The Morgan fingerprint density at radius 2 is 0.782 bits per heavy atom. The second kappa shape index (κ2) is 25.2. The van der Waals surface area contributed by atoms with Gasteiger partial charge in [0.25, 0.3) is 6.71 Å². The molecule has 22 rings (SSSR count). The van der Waals surface area contributed by atoms with E-state index in [-0.39, 0.29) is 27.4 Å². The van der Waals surface area contributed by atoms with Crippen LogP contribution in [0.2, 0.25) is 0 Å². The van der Waals surface area contributed by atoms with E-state index in [1.165, 1.54) is 0 Å². The summed E-state index contributed by atoms with van der Waals surface area (Å²) in [4.78, 5) is 4.96. The fraction of sp³-hybridized carbons (Fsp3) is 0. The number of para-hydroxylation sites is 3. The number of nitriles is 1. The highest BCUT2D eigenvalue weighted by Crippen LogP contribution is 2.56. The van der Waals surface area contributed by atoms with Crippen molar-refractivity contribution in [3.8, 4) is 101 Å². The zero-order chi connectivity index (χ0) is 78.6. The minimum absolute atomic E-state index is 0.00457. The maximum atomic E-state index is 10.7. The molecule has 20 aromatic rings. The summed E-state index contributed by atoms with van der Waals surface area (Å²) in [7, 11) is 0. The normalized spacial score (nSPS) is 13.2. The lowest BCUT2D eigenvalue weighted by Gasteiger charge is -2.46. The lowest BCUT2D eigenvalue weighted by molar-refractivity contribution is 0.668. The van der Waals surface area contributed by atoms with Crippen molar-refractivity contribution in [1.29, 1.82) is 5.26 Å². The average molecular weight is 1410 g/mol. The first kappa shape index (κ1) is 55.7. The van der Waals surface area contributed by atoms with Crippen LogP contribution in [0.1, 0.15) is 15.2 Å². The van der Waals surface area contributed by atoms with Gasteiger partial charge in [0.05, 0.1) is 43.6 Å². The topological polar surface area (TPSA) is 61.5 Å². The third-order valence-electron chi connectivity index (χ3n) is 22.2. The SMILES string of the molecule is [2H]c1c([2H])c([2H])c2c(c1[2H])c1c([2H])c(C#N)c([2H])c([2H])c1n2-c1ccc2c(c1)N(c1c(-c3ccccc3)cc(-c3ccccc3)cc1-c1ccccc1)c1cc(-c3ccc4oc5ccccc5c4c3)cc3c1B2c1cc(-c2cccc4oc5ccccc5c24)ccc1N3c1c(-c2ccccc2)cc(-c2ccccc2)cc1-c1ccccc1. The number of hydrogen-bond acceptors (Lipinski definition) is 5. The van der Waals surface area contributed by atoms with Gasteiger partial charge < -0.3 is 23.2 Å². The molecule has 17 aromatic carbocycles. The van der Waals surface area contributed by atoms with Crippen molar-refractivity contribution < 1.29 is 18.4 Å². The predicted octanol–water partition coefficient (Wildman–Crippen LogP) is 25.9. The van der Waals surface area contributed by atoms with E-state index >= 15 is 0 Å². The number of nitrogens with zero attached hydrogens (tertiary/aromatic N) is 4. The third-order valence-corrected chi connectivity index (χ3v) is 22.2. The molecule has 6 nitrogen and oxygen atoms in total. The fourth-order valence-electron chi connectivity index (χ4n) is 17.4. The van der Waals surface area contributed by atoms with Crippen molar-refractivity contribution in [3.05, 3.63) is 388 Å².